The predicted molar refractivity (Wildman–Crippen MR) is 102 cm³/mol. The molecule has 0 aliphatic carbocycles. The van der Waals surface area contributed by atoms with Gasteiger partial charge in [-0.25, -0.2) is 4.98 Å². The lowest BCUT2D eigenvalue weighted by Gasteiger charge is -2.06. The second-order valence-electron chi connectivity index (χ2n) is 5.50. The Morgan fingerprint density at radius 2 is 1.88 bits per heavy atom. The van der Waals surface area contributed by atoms with Crippen molar-refractivity contribution in [3.05, 3.63) is 65.0 Å². The summed E-state index contributed by atoms with van der Waals surface area (Å²) in [6, 6.07) is 17.5. The summed E-state index contributed by atoms with van der Waals surface area (Å²) in [7, 11) is 0. The van der Waals surface area contributed by atoms with Crippen molar-refractivity contribution in [1.82, 2.24) is 4.98 Å². The number of thiazole rings is 1. The summed E-state index contributed by atoms with van der Waals surface area (Å²) in [6.07, 6.45) is 1.05. The van der Waals surface area contributed by atoms with Crippen molar-refractivity contribution in [2.24, 2.45) is 0 Å². The lowest BCUT2D eigenvalue weighted by atomic mass is 10.2. The minimum absolute atomic E-state index is 0.0133. The third kappa shape index (κ3) is 4.90. The molecule has 128 valence electrons. The average molecular weight is 352 g/mol. The molecule has 3 aromatic rings. The van der Waals surface area contributed by atoms with Crippen LogP contribution >= 0.6 is 11.3 Å². The summed E-state index contributed by atoms with van der Waals surface area (Å²) in [4.78, 5) is 16.7. The molecule has 1 N–H and O–H groups in total. The highest BCUT2D eigenvalue weighted by Crippen LogP contribution is 2.22. The molecule has 1 heterocycles. The molecule has 0 fully saturated rings. The van der Waals surface area contributed by atoms with Crippen LogP contribution in [-0.4, -0.2) is 17.5 Å². The molecule has 3 rings (SSSR count). The summed E-state index contributed by atoms with van der Waals surface area (Å²) < 4.78 is 5.39. The number of hydrogen-bond donors (Lipinski definition) is 1. The van der Waals surface area contributed by atoms with Gasteiger partial charge in [0.05, 0.1) is 17.3 Å². The zero-order valence-electron chi connectivity index (χ0n) is 14.1. The Hall–Kier alpha value is -2.66. The molecule has 2 aromatic carbocycles. The summed E-state index contributed by atoms with van der Waals surface area (Å²) >= 11 is 1.59. The Kier molecular flexibility index (Phi) is 5.80. The first-order valence-corrected chi connectivity index (χ1v) is 9.15. The van der Waals surface area contributed by atoms with Crippen molar-refractivity contribution in [2.75, 3.05) is 11.9 Å². The van der Waals surface area contributed by atoms with Crippen molar-refractivity contribution in [1.29, 1.82) is 0 Å². The van der Waals surface area contributed by atoms with Crippen molar-refractivity contribution in [2.45, 2.75) is 19.8 Å². The van der Waals surface area contributed by atoms with E-state index in [1.807, 2.05) is 66.9 Å². The Labute approximate surface area is 151 Å². The topological polar surface area (TPSA) is 51.2 Å². The van der Waals surface area contributed by atoms with E-state index in [9.17, 15) is 4.79 Å². The fourth-order valence-electron chi connectivity index (χ4n) is 2.41. The normalized spacial score (nSPS) is 10.4. The zero-order valence-corrected chi connectivity index (χ0v) is 14.9. The minimum atomic E-state index is -0.0133. The molecule has 0 aliphatic rings. The third-order valence-corrected chi connectivity index (χ3v) is 4.54. The number of nitrogens with one attached hydrogen (secondary N) is 1. The van der Waals surface area contributed by atoms with E-state index in [0.29, 0.717) is 19.4 Å². The lowest BCUT2D eigenvalue weighted by Crippen LogP contribution is -2.12. The number of anilines is 1. The zero-order chi connectivity index (χ0) is 17.5. The highest BCUT2D eigenvalue weighted by Gasteiger charge is 2.08. The van der Waals surface area contributed by atoms with Crippen LogP contribution in [0.3, 0.4) is 0 Å². The molecule has 4 nitrogen and oxygen atoms in total. The van der Waals surface area contributed by atoms with E-state index >= 15 is 0 Å². The highest BCUT2D eigenvalue weighted by molar-refractivity contribution is 7.09. The highest BCUT2D eigenvalue weighted by atomic mass is 32.1. The number of rotatable bonds is 7. The number of aromatic nitrogens is 1. The van der Waals surface area contributed by atoms with Crippen LogP contribution < -0.4 is 10.1 Å². The van der Waals surface area contributed by atoms with E-state index in [-0.39, 0.29) is 5.91 Å². The van der Waals surface area contributed by atoms with Gasteiger partial charge < -0.3 is 10.1 Å². The first-order valence-electron chi connectivity index (χ1n) is 8.27. The van der Waals surface area contributed by atoms with Crippen LogP contribution in [0, 0.1) is 0 Å². The quantitative estimate of drug-likeness (QED) is 0.666. The SMILES string of the molecule is CCOc1ccc(NC(=O)CCc2nc(-c3ccccc3)cs2)cc1. The maximum absolute atomic E-state index is 12.1. The van der Waals surface area contributed by atoms with Crippen LogP contribution in [-0.2, 0) is 11.2 Å². The summed E-state index contributed by atoms with van der Waals surface area (Å²) in [6.45, 7) is 2.57. The maximum Gasteiger partial charge on any atom is 0.224 e. The second-order valence-corrected chi connectivity index (χ2v) is 6.44. The summed E-state index contributed by atoms with van der Waals surface area (Å²) in [5, 5.41) is 5.91. The first kappa shape index (κ1) is 17.2. The molecule has 0 saturated heterocycles. The first-order chi connectivity index (χ1) is 12.2. The fraction of sp³-hybridized carbons (Fsp3) is 0.200. The molecule has 0 aliphatic heterocycles. The van der Waals surface area contributed by atoms with Gasteiger partial charge in [0, 0.05) is 29.5 Å². The van der Waals surface area contributed by atoms with Gasteiger partial charge in [-0.15, -0.1) is 11.3 Å². The second kappa shape index (κ2) is 8.44. The number of carbonyl (C=O) groups is 1. The van der Waals surface area contributed by atoms with Gasteiger partial charge in [0.25, 0.3) is 0 Å². The summed E-state index contributed by atoms with van der Waals surface area (Å²) in [5.41, 5.74) is 2.84. The van der Waals surface area contributed by atoms with E-state index in [1.165, 1.54) is 0 Å². The molecule has 0 saturated carbocycles. The van der Waals surface area contributed by atoms with Gasteiger partial charge >= 0.3 is 0 Å². The largest absolute Gasteiger partial charge is 0.494 e. The molecular weight excluding hydrogens is 332 g/mol. The van der Waals surface area contributed by atoms with Crippen LogP contribution in [0.1, 0.15) is 18.4 Å². The van der Waals surface area contributed by atoms with Crippen LogP contribution in [0.25, 0.3) is 11.3 Å². The molecule has 0 unspecified atom stereocenters. The molecule has 0 atom stereocenters. The van der Waals surface area contributed by atoms with Crippen molar-refractivity contribution < 1.29 is 9.53 Å². The van der Waals surface area contributed by atoms with E-state index in [0.717, 1.165) is 27.7 Å². The Bertz CT molecular complexity index is 813. The third-order valence-electron chi connectivity index (χ3n) is 3.64. The molecule has 0 radical (unpaired) electrons. The molecule has 1 aromatic heterocycles. The summed E-state index contributed by atoms with van der Waals surface area (Å²) in [5.74, 6) is 0.789. The molecule has 1 amide bonds. The molecule has 25 heavy (non-hydrogen) atoms. The van der Waals surface area contributed by atoms with Crippen LogP contribution in [0.15, 0.2) is 60.0 Å². The molecular formula is C20H20N2O2S. The van der Waals surface area contributed by atoms with E-state index < -0.39 is 0 Å². The number of nitrogens with zero attached hydrogens (tertiary/aromatic N) is 1. The van der Waals surface area contributed by atoms with E-state index in [4.69, 9.17) is 4.74 Å². The van der Waals surface area contributed by atoms with Gasteiger partial charge in [0.1, 0.15) is 5.75 Å². The minimum Gasteiger partial charge on any atom is -0.494 e. The van der Waals surface area contributed by atoms with Gasteiger partial charge in [-0.3, -0.25) is 4.79 Å². The van der Waals surface area contributed by atoms with Gasteiger partial charge in [0.2, 0.25) is 5.91 Å². The molecule has 0 bridgehead atoms. The fourth-order valence-corrected chi connectivity index (χ4v) is 3.22. The van der Waals surface area contributed by atoms with Crippen molar-refractivity contribution >= 4 is 22.9 Å². The number of carbonyl (C=O) groups excluding carboxylic acids is 1. The van der Waals surface area contributed by atoms with Crippen LogP contribution in [0.5, 0.6) is 5.75 Å². The molecule has 0 spiro atoms. The standard InChI is InChI=1S/C20H20N2O2S/c1-2-24-17-10-8-16(9-11-17)21-19(23)12-13-20-22-18(14-25-20)15-6-4-3-5-7-15/h3-11,14H,2,12-13H2,1H3,(H,21,23). The Morgan fingerprint density at radius 1 is 1.12 bits per heavy atom. The van der Waals surface area contributed by atoms with E-state index in [2.05, 4.69) is 10.3 Å². The number of hydrogen-bond acceptors (Lipinski definition) is 4. The number of aryl methyl sites for hydroxylation is 1. The van der Waals surface area contributed by atoms with E-state index in [1.54, 1.807) is 11.3 Å². The van der Waals surface area contributed by atoms with Gasteiger partial charge in [-0.2, -0.15) is 0 Å². The van der Waals surface area contributed by atoms with Gasteiger partial charge in [-0.1, -0.05) is 30.3 Å². The van der Waals surface area contributed by atoms with Crippen LogP contribution in [0.2, 0.25) is 0 Å². The maximum atomic E-state index is 12.1. The van der Waals surface area contributed by atoms with Crippen molar-refractivity contribution in [3.63, 3.8) is 0 Å². The number of amides is 1. The Balaban J connectivity index is 1.51. The van der Waals surface area contributed by atoms with Gasteiger partial charge in [0.15, 0.2) is 0 Å². The predicted octanol–water partition coefficient (Wildman–Crippen LogP) is 4.78. The smallest absolute Gasteiger partial charge is 0.224 e. The monoisotopic (exact) mass is 352 g/mol. The average Bonchev–Trinajstić information content (AvgIpc) is 3.12. The Morgan fingerprint density at radius 3 is 2.60 bits per heavy atom. The number of benzene rings is 2. The van der Waals surface area contributed by atoms with Gasteiger partial charge in [-0.05, 0) is 31.2 Å². The van der Waals surface area contributed by atoms with Crippen molar-refractivity contribution in [3.8, 4) is 17.0 Å². The molecule has 5 heteroatoms. The van der Waals surface area contributed by atoms with Crippen LogP contribution in [0.4, 0.5) is 5.69 Å². The lowest BCUT2D eigenvalue weighted by molar-refractivity contribution is -0.116. The number of ether oxygens (including phenoxy) is 1.